The van der Waals surface area contributed by atoms with Crippen LogP contribution in [0.15, 0.2) is 54.6 Å². The molecule has 1 heterocycles. The summed E-state index contributed by atoms with van der Waals surface area (Å²) in [6.07, 6.45) is 0.952. The largest absolute Gasteiger partial charge is 0.376 e. The highest BCUT2D eigenvalue weighted by atomic mass is 32.2. The van der Waals surface area contributed by atoms with Gasteiger partial charge in [-0.1, -0.05) is 49.4 Å². The molecule has 0 spiro atoms. The van der Waals surface area contributed by atoms with Gasteiger partial charge in [-0.3, -0.25) is 0 Å². The number of aryl methyl sites for hydroxylation is 1. The van der Waals surface area contributed by atoms with Crippen molar-refractivity contribution in [3.05, 3.63) is 66.0 Å². The fourth-order valence-electron chi connectivity index (χ4n) is 2.91. The van der Waals surface area contributed by atoms with Crippen molar-refractivity contribution in [3.63, 3.8) is 0 Å². The van der Waals surface area contributed by atoms with E-state index in [2.05, 4.69) is 21.2 Å². The lowest BCUT2D eigenvalue weighted by Gasteiger charge is -2.10. The summed E-state index contributed by atoms with van der Waals surface area (Å²) in [6, 6.07) is 17.5. The molecule has 2 aromatic carbocycles. The minimum atomic E-state index is -3.43. The van der Waals surface area contributed by atoms with Gasteiger partial charge in [0.15, 0.2) is 0 Å². The maximum Gasteiger partial charge on any atom is 0.214 e. The summed E-state index contributed by atoms with van der Waals surface area (Å²) in [5.41, 5.74) is 2.93. The molecule has 0 saturated carbocycles. The Morgan fingerprint density at radius 2 is 1.81 bits per heavy atom. The number of imidazole rings is 1. The van der Waals surface area contributed by atoms with E-state index in [0.717, 1.165) is 35.4 Å². The smallest absolute Gasteiger partial charge is 0.214 e. The fraction of sp³-hybridized carbons (Fsp3) is 0.350. The molecule has 0 bridgehead atoms. The second kappa shape index (κ2) is 9.12. The van der Waals surface area contributed by atoms with Gasteiger partial charge in [-0.25, -0.2) is 18.1 Å². The number of benzene rings is 2. The summed E-state index contributed by atoms with van der Waals surface area (Å²) < 4.78 is 34.7. The first-order valence-corrected chi connectivity index (χ1v) is 10.8. The van der Waals surface area contributed by atoms with Gasteiger partial charge in [-0.15, -0.1) is 0 Å². The Bertz CT molecular complexity index is 969. The Morgan fingerprint density at radius 3 is 2.59 bits per heavy atom. The highest BCUT2D eigenvalue weighted by Crippen LogP contribution is 2.16. The number of aromatic nitrogens is 2. The number of nitrogens with zero attached hydrogens (tertiary/aromatic N) is 2. The SMILES string of the molecule is CCCn1c(CNS(=O)(=O)CCOCc2ccccc2)nc2ccccc21. The molecule has 1 aromatic heterocycles. The molecule has 0 saturated heterocycles. The monoisotopic (exact) mass is 387 g/mol. The van der Waals surface area contributed by atoms with E-state index >= 15 is 0 Å². The maximum absolute atomic E-state index is 12.3. The second-order valence-corrected chi connectivity index (χ2v) is 8.27. The van der Waals surface area contributed by atoms with Crippen molar-refractivity contribution in [2.75, 3.05) is 12.4 Å². The van der Waals surface area contributed by atoms with Crippen LogP contribution in [0, 0.1) is 0 Å². The summed E-state index contributed by atoms with van der Waals surface area (Å²) in [4.78, 5) is 4.58. The summed E-state index contributed by atoms with van der Waals surface area (Å²) >= 11 is 0. The van der Waals surface area contributed by atoms with E-state index < -0.39 is 10.0 Å². The van der Waals surface area contributed by atoms with Crippen molar-refractivity contribution < 1.29 is 13.2 Å². The van der Waals surface area contributed by atoms with Crippen LogP contribution in [0.5, 0.6) is 0 Å². The molecule has 7 heteroatoms. The molecule has 0 aliphatic rings. The van der Waals surface area contributed by atoms with Gasteiger partial charge in [0, 0.05) is 6.54 Å². The lowest BCUT2D eigenvalue weighted by Crippen LogP contribution is -2.29. The first-order chi connectivity index (χ1) is 13.1. The number of sulfonamides is 1. The molecule has 6 nitrogen and oxygen atoms in total. The Hall–Kier alpha value is -2.22. The van der Waals surface area contributed by atoms with Crippen LogP contribution in [0.1, 0.15) is 24.7 Å². The summed E-state index contributed by atoms with van der Waals surface area (Å²) in [5.74, 6) is 0.653. The van der Waals surface area contributed by atoms with Crippen LogP contribution in [0.2, 0.25) is 0 Å². The molecular weight excluding hydrogens is 362 g/mol. The maximum atomic E-state index is 12.3. The molecule has 27 heavy (non-hydrogen) atoms. The van der Waals surface area contributed by atoms with Crippen LogP contribution in [0.25, 0.3) is 11.0 Å². The Kier molecular flexibility index (Phi) is 6.60. The van der Waals surface area contributed by atoms with E-state index in [0.29, 0.717) is 6.61 Å². The Morgan fingerprint density at radius 1 is 1.07 bits per heavy atom. The van der Waals surface area contributed by atoms with Crippen LogP contribution in [0.3, 0.4) is 0 Å². The number of hydrogen-bond donors (Lipinski definition) is 1. The van der Waals surface area contributed by atoms with Gasteiger partial charge in [0.1, 0.15) is 5.82 Å². The standard InChI is InChI=1S/C20H25N3O3S/c1-2-12-23-19-11-7-6-10-18(19)22-20(23)15-21-27(24,25)14-13-26-16-17-8-4-3-5-9-17/h3-11,21H,2,12-16H2,1H3. The average molecular weight is 388 g/mol. The Balaban J connectivity index is 1.55. The number of rotatable bonds is 10. The van der Waals surface area contributed by atoms with Gasteiger partial charge < -0.3 is 9.30 Å². The van der Waals surface area contributed by atoms with E-state index in [9.17, 15) is 8.42 Å². The van der Waals surface area contributed by atoms with E-state index in [1.807, 2.05) is 54.6 Å². The fourth-order valence-corrected chi connectivity index (χ4v) is 3.74. The lowest BCUT2D eigenvalue weighted by molar-refractivity contribution is 0.135. The molecule has 0 aliphatic heterocycles. The van der Waals surface area contributed by atoms with Gasteiger partial charge >= 0.3 is 0 Å². The van der Waals surface area contributed by atoms with Crippen molar-refractivity contribution in [3.8, 4) is 0 Å². The molecule has 0 atom stereocenters. The van der Waals surface area contributed by atoms with Gasteiger partial charge in [-0.05, 0) is 24.1 Å². The van der Waals surface area contributed by atoms with Crippen molar-refractivity contribution in [2.45, 2.75) is 33.0 Å². The second-order valence-electron chi connectivity index (χ2n) is 6.35. The summed E-state index contributed by atoms with van der Waals surface area (Å²) in [7, 11) is -3.43. The van der Waals surface area contributed by atoms with Crippen LogP contribution in [-0.4, -0.2) is 30.3 Å². The third-order valence-electron chi connectivity index (χ3n) is 4.24. The summed E-state index contributed by atoms with van der Waals surface area (Å²) in [5, 5.41) is 0. The predicted octanol–water partition coefficient (Wildman–Crippen LogP) is 3.08. The molecule has 0 fully saturated rings. The van der Waals surface area contributed by atoms with Gasteiger partial charge in [-0.2, -0.15) is 0 Å². The van der Waals surface area contributed by atoms with Gasteiger partial charge in [0.25, 0.3) is 0 Å². The zero-order chi connectivity index (χ0) is 19.1. The molecule has 0 radical (unpaired) electrons. The summed E-state index contributed by atoms with van der Waals surface area (Å²) in [6.45, 7) is 3.62. The van der Waals surface area contributed by atoms with Crippen LogP contribution in [0.4, 0.5) is 0 Å². The van der Waals surface area contributed by atoms with E-state index in [1.165, 1.54) is 0 Å². The first kappa shape index (κ1) is 19.5. The Labute approximate surface area is 160 Å². The van der Waals surface area contributed by atoms with Crippen LogP contribution < -0.4 is 4.72 Å². The number of para-hydroxylation sites is 2. The molecule has 0 aliphatic carbocycles. The molecule has 0 unspecified atom stereocenters. The number of ether oxygens (including phenoxy) is 1. The topological polar surface area (TPSA) is 73.2 Å². The molecule has 1 N–H and O–H groups in total. The number of nitrogens with one attached hydrogen (secondary N) is 1. The molecule has 3 rings (SSSR count). The zero-order valence-electron chi connectivity index (χ0n) is 15.5. The lowest BCUT2D eigenvalue weighted by atomic mass is 10.2. The van der Waals surface area contributed by atoms with Crippen LogP contribution in [-0.2, 0) is 34.5 Å². The number of hydrogen-bond acceptors (Lipinski definition) is 4. The molecule has 0 amide bonds. The van der Waals surface area contributed by atoms with Crippen molar-refractivity contribution in [1.29, 1.82) is 0 Å². The average Bonchev–Trinajstić information content (AvgIpc) is 3.03. The normalized spacial score (nSPS) is 11.9. The first-order valence-electron chi connectivity index (χ1n) is 9.12. The van der Waals surface area contributed by atoms with Crippen LogP contribution >= 0.6 is 0 Å². The minimum Gasteiger partial charge on any atom is -0.376 e. The number of fused-ring (bicyclic) bond motifs is 1. The minimum absolute atomic E-state index is 0.0756. The molecule has 3 aromatic rings. The predicted molar refractivity (Wildman–Crippen MR) is 107 cm³/mol. The van der Waals surface area contributed by atoms with Crippen molar-refractivity contribution >= 4 is 21.1 Å². The van der Waals surface area contributed by atoms with E-state index in [-0.39, 0.29) is 18.9 Å². The third kappa shape index (κ3) is 5.38. The molecule has 144 valence electrons. The van der Waals surface area contributed by atoms with E-state index in [1.54, 1.807) is 0 Å². The highest BCUT2D eigenvalue weighted by molar-refractivity contribution is 7.89. The quantitative estimate of drug-likeness (QED) is 0.543. The van der Waals surface area contributed by atoms with Gasteiger partial charge in [0.05, 0.1) is 36.5 Å². The van der Waals surface area contributed by atoms with Crippen molar-refractivity contribution in [1.82, 2.24) is 14.3 Å². The zero-order valence-corrected chi connectivity index (χ0v) is 16.3. The van der Waals surface area contributed by atoms with Crippen molar-refractivity contribution in [2.24, 2.45) is 0 Å². The third-order valence-corrected chi connectivity index (χ3v) is 5.53. The molecular formula is C20H25N3O3S. The van der Waals surface area contributed by atoms with E-state index in [4.69, 9.17) is 4.74 Å². The van der Waals surface area contributed by atoms with Gasteiger partial charge in [0.2, 0.25) is 10.0 Å². The highest BCUT2D eigenvalue weighted by Gasteiger charge is 2.14.